The second-order valence-electron chi connectivity index (χ2n) is 3.73. The summed E-state index contributed by atoms with van der Waals surface area (Å²) >= 11 is 2.64. The highest BCUT2D eigenvalue weighted by molar-refractivity contribution is 8.00. The number of carbonyl (C=O) groups excluding carboxylic acids is 1. The van der Waals surface area contributed by atoms with Crippen LogP contribution in [0.2, 0.25) is 0 Å². The van der Waals surface area contributed by atoms with E-state index in [4.69, 9.17) is 0 Å². The van der Waals surface area contributed by atoms with E-state index in [0.29, 0.717) is 15.4 Å². The van der Waals surface area contributed by atoms with E-state index in [9.17, 15) is 9.59 Å². The van der Waals surface area contributed by atoms with E-state index < -0.39 is 5.25 Å². The molecule has 0 aromatic carbocycles. The Morgan fingerprint density at radius 2 is 2.33 bits per heavy atom. The summed E-state index contributed by atoms with van der Waals surface area (Å²) in [4.78, 5) is 31.8. The smallest absolute Gasteiger partial charge is 0.318 e. The zero-order valence-electron chi connectivity index (χ0n) is 10.1. The van der Waals surface area contributed by atoms with Gasteiger partial charge < -0.3 is 9.72 Å². The van der Waals surface area contributed by atoms with Gasteiger partial charge in [-0.15, -0.1) is 11.3 Å². The van der Waals surface area contributed by atoms with E-state index in [2.05, 4.69) is 14.7 Å². The first-order valence-electron chi connectivity index (χ1n) is 5.26. The van der Waals surface area contributed by atoms with E-state index in [1.54, 1.807) is 6.92 Å². The molecule has 2 heterocycles. The Balaban J connectivity index is 2.35. The number of esters is 1. The molecule has 0 bridgehead atoms. The largest absolute Gasteiger partial charge is 0.468 e. The molecule has 96 valence electrons. The van der Waals surface area contributed by atoms with Gasteiger partial charge in [0, 0.05) is 4.88 Å². The zero-order chi connectivity index (χ0) is 13.3. The summed E-state index contributed by atoms with van der Waals surface area (Å²) in [5.41, 5.74) is -0.177. The van der Waals surface area contributed by atoms with Crippen LogP contribution in [-0.2, 0) is 9.53 Å². The maximum Gasteiger partial charge on any atom is 0.318 e. The number of H-pyrrole nitrogens is 1. The fourth-order valence-electron chi connectivity index (χ4n) is 1.47. The van der Waals surface area contributed by atoms with Gasteiger partial charge >= 0.3 is 5.97 Å². The molecule has 0 saturated heterocycles. The highest BCUT2D eigenvalue weighted by Crippen LogP contribution is 2.24. The van der Waals surface area contributed by atoms with Gasteiger partial charge in [0.15, 0.2) is 5.16 Å². The van der Waals surface area contributed by atoms with E-state index in [0.717, 1.165) is 4.88 Å². The standard InChI is InChI=1S/C11H12N2O3S2/c1-5-4-7-8(14)12-11(13-9(7)17-5)18-6(2)10(15)16-3/h4,6H,1-3H3,(H,12,13,14). The van der Waals surface area contributed by atoms with Gasteiger partial charge in [-0.3, -0.25) is 9.59 Å². The van der Waals surface area contributed by atoms with Crippen LogP contribution in [0.25, 0.3) is 10.2 Å². The molecule has 18 heavy (non-hydrogen) atoms. The molecule has 0 aliphatic heterocycles. The Morgan fingerprint density at radius 3 is 3.00 bits per heavy atom. The first-order chi connectivity index (χ1) is 8.51. The van der Waals surface area contributed by atoms with E-state index in [1.807, 2.05) is 13.0 Å². The molecule has 0 radical (unpaired) electrons. The van der Waals surface area contributed by atoms with Crippen LogP contribution in [-0.4, -0.2) is 28.3 Å². The quantitative estimate of drug-likeness (QED) is 0.530. The van der Waals surface area contributed by atoms with Crippen LogP contribution in [0.1, 0.15) is 11.8 Å². The van der Waals surface area contributed by atoms with E-state index in [1.165, 1.54) is 30.2 Å². The maximum absolute atomic E-state index is 11.8. The summed E-state index contributed by atoms with van der Waals surface area (Å²) in [6.07, 6.45) is 0. The van der Waals surface area contributed by atoms with Crippen LogP contribution in [0.4, 0.5) is 0 Å². The van der Waals surface area contributed by atoms with Crippen LogP contribution >= 0.6 is 23.1 Å². The van der Waals surface area contributed by atoms with Crippen molar-refractivity contribution in [1.29, 1.82) is 0 Å². The van der Waals surface area contributed by atoms with Gasteiger partial charge in [-0.25, -0.2) is 4.98 Å². The Hall–Kier alpha value is -1.34. The number of aromatic nitrogens is 2. The number of thioether (sulfide) groups is 1. The van der Waals surface area contributed by atoms with Gasteiger partial charge in [-0.05, 0) is 19.9 Å². The first-order valence-corrected chi connectivity index (χ1v) is 6.96. The molecule has 0 amide bonds. The van der Waals surface area contributed by atoms with Crippen LogP contribution in [0.15, 0.2) is 16.0 Å². The van der Waals surface area contributed by atoms with Crippen LogP contribution in [0, 0.1) is 6.92 Å². The third kappa shape index (κ3) is 2.56. The number of thiophene rings is 1. The zero-order valence-corrected chi connectivity index (χ0v) is 11.8. The number of nitrogens with one attached hydrogen (secondary N) is 1. The molecular formula is C11H12N2O3S2. The van der Waals surface area contributed by atoms with Gasteiger partial charge in [0.05, 0.1) is 12.5 Å². The second-order valence-corrected chi connectivity index (χ2v) is 6.29. The third-order valence-electron chi connectivity index (χ3n) is 2.33. The molecule has 2 aromatic rings. The van der Waals surface area contributed by atoms with Gasteiger partial charge in [0.1, 0.15) is 10.1 Å². The first kappa shape index (κ1) is 13.1. The number of hydrogen-bond donors (Lipinski definition) is 1. The van der Waals surface area contributed by atoms with Crippen LogP contribution in [0.5, 0.6) is 0 Å². The van der Waals surface area contributed by atoms with Crippen molar-refractivity contribution >= 4 is 39.3 Å². The average Bonchev–Trinajstić information content (AvgIpc) is 2.69. The molecular weight excluding hydrogens is 272 g/mol. The number of carbonyl (C=O) groups is 1. The summed E-state index contributed by atoms with van der Waals surface area (Å²) in [5, 5.41) is 0.622. The number of nitrogens with zero attached hydrogens (tertiary/aromatic N) is 1. The summed E-state index contributed by atoms with van der Waals surface area (Å²) in [7, 11) is 1.33. The van der Waals surface area contributed by atoms with Crippen molar-refractivity contribution < 1.29 is 9.53 Å². The minimum atomic E-state index is -0.406. The van der Waals surface area contributed by atoms with E-state index >= 15 is 0 Å². The molecule has 0 aliphatic carbocycles. The average molecular weight is 284 g/mol. The summed E-state index contributed by atoms with van der Waals surface area (Å²) in [6.45, 7) is 3.63. The molecule has 7 heteroatoms. The lowest BCUT2D eigenvalue weighted by Gasteiger charge is -2.07. The maximum atomic E-state index is 11.8. The van der Waals surface area contributed by atoms with Gasteiger partial charge in [-0.1, -0.05) is 11.8 Å². The number of aromatic amines is 1. The van der Waals surface area contributed by atoms with Gasteiger partial charge in [0.25, 0.3) is 5.56 Å². The monoisotopic (exact) mass is 284 g/mol. The second kappa shape index (κ2) is 5.11. The minimum Gasteiger partial charge on any atom is -0.468 e. The van der Waals surface area contributed by atoms with Gasteiger partial charge in [-0.2, -0.15) is 0 Å². The molecule has 5 nitrogen and oxygen atoms in total. The number of hydrogen-bond acceptors (Lipinski definition) is 6. The molecule has 1 unspecified atom stereocenters. The number of methoxy groups -OCH3 is 1. The van der Waals surface area contributed by atoms with Crippen LogP contribution < -0.4 is 5.56 Å². The Kier molecular flexibility index (Phi) is 3.72. The molecule has 0 saturated carbocycles. The SMILES string of the molecule is COC(=O)C(C)Sc1nc2sc(C)cc2c(=O)[nH]1. The summed E-state index contributed by atoms with van der Waals surface area (Å²) in [6, 6.07) is 1.81. The number of ether oxygens (including phenoxy) is 1. The highest BCUT2D eigenvalue weighted by atomic mass is 32.2. The summed E-state index contributed by atoms with van der Waals surface area (Å²) in [5.74, 6) is -0.342. The van der Waals surface area contributed by atoms with Crippen molar-refractivity contribution in [1.82, 2.24) is 9.97 Å². The molecule has 2 aromatic heterocycles. The normalized spacial score (nSPS) is 12.6. The predicted molar refractivity (Wildman–Crippen MR) is 72.3 cm³/mol. The number of rotatable bonds is 3. The van der Waals surface area contributed by atoms with Crippen molar-refractivity contribution in [2.45, 2.75) is 24.3 Å². The van der Waals surface area contributed by atoms with Crippen molar-refractivity contribution in [3.8, 4) is 0 Å². The van der Waals surface area contributed by atoms with Gasteiger partial charge in [0.2, 0.25) is 0 Å². The van der Waals surface area contributed by atoms with Crippen molar-refractivity contribution in [2.24, 2.45) is 0 Å². The van der Waals surface area contributed by atoms with Crippen molar-refractivity contribution in [3.05, 3.63) is 21.3 Å². The summed E-state index contributed by atoms with van der Waals surface area (Å²) < 4.78 is 4.63. The fraction of sp³-hybridized carbons (Fsp3) is 0.364. The highest BCUT2D eigenvalue weighted by Gasteiger charge is 2.17. The Labute approximate surface area is 112 Å². The molecule has 1 atom stereocenters. The van der Waals surface area contributed by atoms with E-state index in [-0.39, 0.29) is 11.5 Å². The number of aryl methyl sites for hydroxylation is 1. The van der Waals surface area contributed by atoms with Crippen molar-refractivity contribution in [3.63, 3.8) is 0 Å². The fourth-order valence-corrected chi connectivity index (χ4v) is 3.23. The lowest BCUT2D eigenvalue weighted by Crippen LogP contribution is -2.16. The molecule has 0 spiro atoms. The molecule has 0 fully saturated rings. The Bertz CT molecular complexity index is 647. The lowest BCUT2D eigenvalue weighted by atomic mass is 10.4. The Morgan fingerprint density at radius 1 is 1.61 bits per heavy atom. The third-order valence-corrected chi connectivity index (χ3v) is 4.23. The predicted octanol–water partition coefficient (Wildman–Crippen LogP) is 1.95. The molecule has 1 N–H and O–H groups in total. The lowest BCUT2D eigenvalue weighted by molar-refractivity contribution is -0.139. The minimum absolute atomic E-state index is 0.177. The van der Waals surface area contributed by atoms with Crippen molar-refractivity contribution in [2.75, 3.05) is 7.11 Å². The number of fused-ring (bicyclic) bond motifs is 1. The van der Waals surface area contributed by atoms with Crippen LogP contribution in [0.3, 0.4) is 0 Å². The topological polar surface area (TPSA) is 72.0 Å². The molecule has 0 aliphatic rings. The molecule has 2 rings (SSSR count).